The Morgan fingerprint density at radius 2 is 2.17 bits per heavy atom. The van der Waals surface area contributed by atoms with E-state index >= 15 is 0 Å². The lowest BCUT2D eigenvalue weighted by atomic mass is 10.0. The standard InChI is InChI=1S/C13H27NO4/c1-13(16,5-6-17-2)10-14-7-12(15)9-18-8-11-3-4-11/h11-12,14-16H,3-10H2,1-2H3. The zero-order valence-electron chi connectivity index (χ0n) is 11.5. The molecule has 1 saturated carbocycles. The van der Waals surface area contributed by atoms with Gasteiger partial charge in [0.15, 0.2) is 0 Å². The van der Waals surface area contributed by atoms with Gasteiger partial charge in [-0.05, 0) is 25.7 Å². The minimum Gasteiger partial charge on any atom is -0.389 e. The van der Waals surface area contributed by atoms with E-state index in [1.54, 1.807) is 14.0 Å². The van der Waals surface area contributed by atoms with E-state index in [0.717, 1.165) is 12.5 Å². The Hall–Kier alpha value is -0.200. The number of hydrogen-bond donors (Lipinski definition) is 3. The van der Waals surface area contributed by atoms with Crippen molar-refractivity contribution in [1.29, 1.82) is 0 Å². The van der Waals surface area contributed by atoms with Gasteiger partial charge >= 0.3 is 0 Å². The van der Waals surface area contributed by atoms with E-state index in [9.17, 15) is 10.2 Å². The van der Waals surface area contributed by atoms with E-state index < -0.39 is 11.7 Å². The molecule has 18 heavy (non-hydrogen) atoms. The molecule has 0 aliphatic heterocycles. The molecule has 0 radical (unpaired) electrons. The van der Waals surface area contributed by atoms with Gasteiger partial charge in [0.1, 0.15) is 0 Å². The van der Waals surface area contributed by atoms with Crippen molar-refractivity contribution in [2.24, 2.45) is 5.92 Å². The number of hydrogen-bond acceptors (Lipinski definition) is 5. The van der Waals surface area contributed by atoms with Crippen molar-refractivity contribution >= 4 is 0 Å². The molecule has 108 valence electrons. The number of rotatable bonds is 11. The minimum absolute atomic E-state index is 0.365. The maximum atomic E-state index is 9.96. The van der Waals surface area contributed by atoms with E-state index in [-0.39, 0.29) is 0 Å². The van der Waals surface area contributed by atoms with Crippen LogP contribution < -0.4 is 5.32 Å². The van der Waals surface area contributed by atoms with Crippen LogP contribution in [0.5, 0.6) is 0 Å². The van der Waals surface area contributed by atoms with E-state index in [2.05, 4.69) is 5.32 Å². The average Bonchev–Trinajstić information content (AvgIpc) is 3.10. The third-order valence-corrected chi connectivity index (χ3v) is 3.09. The van der Waals surface area contributed by atoms with E-state index in [1.165, 1.54) is 12.8 Å². The summed E-state index contributed by atoms with van der Waals surface area (Å²) in [5.74, 6) is 0.722. The molecule has 0 amide bonds. The quantitative estimate of drug-likeness (QED) is 0.494. The van der Waals surface area contributed by atoms with Crippen LogP contribution in [0, 0.1) is 5.92 Å². The van der Waals surface area contributed by atoms with Crippen molar-refractivity contribution in [3.05, 3.63) is 0 Å². The predicted molar refractivity (Wildman–Crippen MR) is 69.5 cm³/mol. The number of methoxy groups -OCH3 is 1. The first kappa shape index (κ1) is 15.9. The number of ether oxygens (including phenoxy) is 2. The molecule has 0 aromatic rings. The minimum atomic E-state index is -0.801. The summed E-state index contributed by atoms with van der Waals surface area (Å²) >= 11 is 0. The zero-order chi connectivity index (χ0) is 13.4. The summed E-state index contributed by atoms with van der Waals surface area (Å²) in [5, 5.41) is 22.7. The molecule has 0 heterocycles. The van der Waals surface area contributed by atoms with Gasteiger partial charge < -0.3 is 25.0 Å². The topological polar surface area (TPSA) is 71.0 Å². The number of nitrogens with one attached hydrogen (secondary N) is 1. The van der Waals surface area contributed by atoms with Gasteiger partial charge in [0.05, 0.1) is 18.3 Å². The molecule has 5 heteroatoms. The number of aliphatic hydroxyl groups excluding tert-OH is 1. The first-order valence-electron chi connectivity index (χ1n) is 6.71. The van der Waals surface area contributed by atoms with Crippen molar-refractivity contribution in [2.45, 2.75) is 37.9 Å². The maximum Gasteiger partial charge on any atom is 0.0897 e. The molecule has 2 unspecified atom stereocenters. The van der Waals surface area contributed by atoms with Crippen molar-refractivity contribution in [3.8, 4) is 0 Å². The Morgan fingerprint density at radius 1 is 1.44 bits per heavy atom. The van der Waals surface area contributed by atoms with Crippen LogP contribution in [0.3, 0.4) is 0 Å². The summed E-state index contributed by atoms with van der Waals surface area (Å²) < 4.78 is 10.3. The Morgan fingerprint density at radius 3 is 2.78 bits per heavy atom. The first-order valence-corrected chi connectivity index (χ1v) is 6.71. The van der Waals surface area contributed by atoms with Gasteiger partial charge in [-0.25, -0.2) is 0 Å². The van der Waals surface area contributed by atoms with Crippen LogP contribution in [0.25, 0.3) is 0 Å². The lowest BCUT2D eigenvalue weighted by Gasteiger charge is -2.24. The molecule has 1 rings (SSSR count). The Kier molecular flexibility index (Phi) is 7.11. The summed E-state index contributed by atoms with van der Waals surface area (Å²) in [5.41, 5.74) is -0.801. The third kappa shape index (κ3) is 8.00. The second-order valence-corrected chi connectivity index (χ2v) is 5.51. The van der Waals surface area contributed by atoms with Crippen LogP contribution in [0.15, 0.2) is 0 Å². The molecule has 3 N–H and O–H groups in total. The molecule has 2 atom stereocenters. The van der Waals surface area contributed by atoms with Crippen molar-refractivity contribution in [1.82, 2.24) is 5.32 Å². The molecule has 0 bridgehead atoms. The predicted octanol–water partition coefficient (Wildman–Crippen LogP) is 0.151. The van der Waals surface area contributed by atoms with Gasteiger partial charge in [0.25, 0.3) is 0 Å². The number of aliphatic hydroxyl groups is 2. The highest BCUT2D eigenvalue weighted by Gasteiger charge is 2.22. The average molecular weight is 261 g/mol. The van der Waals surface area contributed by atoms with Gasteiger partial charge in [-0.15, -0.1) is 0 Å². The van der Waals surface area contributed by atoms with Crippen LogP contribution in [0.4, 0.5) is 0 Å². The molecule has 0 aromatic heterocycles. The molecule has 5 nitrogen and oxygen atoms in total. The Bertz CT molecular complexity index is 219. The van der Waals surface area contributed by atoms with E-state index in [4.69, 9.17) is 9.47 Å². The lowest BCUT2D eigenvalue weighted by Crippen LogP contribution is -2.42. The third-order valence-electron chi connectivity index (χ3n) is 3.09. The Labute approximate surface area is 109 Å². The lowest BCUT2D eigenvalue weighted by molar-refractivity contribution is 0.0119. The molecule has 0 saturated heterocycles. The van der Waals surface area contributed by atoms with Crippen LogP contribution in [0.1, 0.15) is 26.2 Å². The van der Waals surface area contributed by atoms with Gasteiger partial charge in [0.2, 0.25) is 0 Å². The first-order chi connectivity index (χ1) is 8.53. The summed E-state index contributed by atoms with van der Waals surface area (Å²) in [7, 11) is 1.62. The second kappa shape index (κ2) is 8.07. The SMILES string of the molecule is COCCC(C)(O)CNCC(O)COCC1CC1. The summed E-state index contributed by atoms with van der Waals surface area (Å²) in [4.78, 5) is 0. The van der Waals surface area contributed by atoms with E-state index in [0.29, 0.717) is 32.7 Å². The largest absolute Gasteiger partial charge is 0.389 e. The summed E-state index contributed by atoms with van der Waals surface area (Å²) in [6.45, 7) is 4.30. The van der Waals surface area contributed by atoms with Gasteiger partial charge in [-0.1, -0.05) is 0 Å². The smallest absolute Gasteiger partial charge is 0.0897 e. The fourth-order valence-electron chi connectivity index (χ4n) is 1.63. The molecule has 0 aromatic carbocycles. The molecule has 0 spiro atoms. The molecule has 1 fully saturated rings. The zero-order valence-corrected chi connectivity index (χ0v) is 11.5. The highest BCUT2D eigenvalue weighted by molar-refractivity contribution is 4.76. The van der Waals surface area contributed by atoms with Crippen LogP contribution in [-0.2, 0) is 9.47 Å². The molecular formula is C13H27NO4. The maximum absolute atomic E-state index is 9.96. The van der Waals surface area contributed by atoms with Crippen LogP contribution in [0.2, 0.25) is 0 Å². The van der Waals surface area contributed by atoms with Gasteiger partial charge in [0, 0.05) is 39.8 Å². The van der Waals surface area contributed by atoms with Gasteiger partial charge in [-0.2, -0.15) is 0 Å². The van der Waals surface area contributed by atoms with Crippen LogP contribution in [-0.4, -0.2) is 61.9 Å². The van der Waals surface area contributed by atoms with E-state index in [1.807, 2.05) is 0 Å². The fraction of sp³-hybridized carbons (Fsp3) is 1.00. The fourth-order valence-corrected chi connectivity index (χ4v) is 1.63. The second-order valence-electron chi connectivity index (χ2n) is 5.51. The molecule has 1 aliphatic carbocycles. The van der Waals surface area contributed by atoms with Crippen molar-refractivity contribution in [2.75, 3.05) is 40.0 Å². The highest BCUT2D eigenvalue weighted by atomic mass is 16.5. The van der Waals surface area contributed by atoms with Gasteiger partial charge in [-0.3, -0.25) is 0 Å². The summed E-state index contributed by atoms with van der Waals surface area (Å²) in [6.07, 6.45) is 2.58. The highest BCUT2D eigenvalue weighted by Crippen LogP contribution is 2.28. The van der Waals surface area contributed by atoms with Crippen molar-refractivity contribution < 1.29 is 19.7 Å². The Balaban J connectivity index is 1.97. The monoisotopic (exact) mass is 261 g/mol. The molecule has 1 aliphatic rings. The van der Waals surface area contributed by atoms with Crippen LogP contribution >= 0.6 is 0 Å². The normalized spacial score (nSPS) is 20.7. The molecular weight excluding hydrogens is 234 g/mol. The van der Waals surface area contributed by atoms with Crippen molar-refractivity contribution in [3.63, 3.8) is 0 Å². The summed E-state index contributed by atoms with van der Waals surface area (Å²) in [6, 6.07) is 0.